The number of nitrogens with one attached hydrogen (secondary N) is 2. The van der Waals surface area contributed by atoms with Gasteiger partial charge < -0.3 is 15.2 Å². The molecule has 1 aromatic heterocycles. The second kappa shape index (κ2) is 7.56. The summed E-state index contributed by atoms with van der Waals surface area (Å²) in [5.41, 5.74) is 5.14. The number of anilines is 2. The standard InChI is InChI=1S/C24H28N4O/c1-17-4-9-23-18(13-17)14-19(24(29)26-23)15-25-20-5-7-21(8-6-20)28-12-11-27-10-2-3-22(27)16-28/h4-9,13-14,22,25H,2-3,10-12,15-16H2,1H3,(H,26,29). The van der Waals surface area contributed by atoms with Gasteiger partial charge in [0.25, 0.3) is 5.56 Å². The van der Waals surface area contributed by atoms with E-state index in [4.69, 9.17) is 0 Å². The molecule has 1 unspecified atom stereocenters. The Bertz CT molecular complexity index is 1070. The fourth-order valence-electron chi connectivity index (χ4n) is 4.72. The van der Waals surface area contributed by atoms with Crippen LogP contribution in [0.5, 0.6) is 0 Å². The monoisotopic (exact) mass is 388 g/mol. The Balaban J connectivity index is 1.26. The summed E-state index contributed by atoms with van der Waals surface area (Å²) in [5.74, 6) is 0. The van der Waals surface area contributed by atoms with Gasteiger partial charge in [-0.25, -0.2) is 0 Å². The van der Waals surface area contributed by atoms with Crippen LogP contribution >= 0.6 is 0 Å². The van der Waals surface area contributed by atoms with Crippen molar-refractivity contribution in [1.82, 2.24) is 9.88 Å². The number of aromatic amines is 1. The van der Waals surface area contributed by atoms with Crippen LogP contribution < -0.4 is 15.8 Å². The largest absolute Gasteiger partial charge is 0.381 e. The molecule has 0 saturated carbocycles. The zero-order valence-electron chi connectivity index (χ0n) is 16.9. The van der Waals surface area contributed by atoms with Crippen LogP contribution in [0.4, 0.5) is 11.4 Å². The number of benzene rings is 2. The molecule has 0 bridgehead atoms. The third-order valence-corrected chi connectivity index (χ3v) is 6.38. The van der Waals surface area contributed by atoms with E-state index in [1.165, 1.54) is 37.2 Å². The highest BCUT2D eigenvalue weighted by Gasteiger charge is 2.30. The van der Waals surface area contributed by atoms with Gasteiger partial charge in [-0.3, -0.25) is 9.69 Å². The second-order valence-corrected chi connectivity index (χ2v) is 8.39. The second-order valence-electron chi connectivity index (χ2n) is 8.39. The molecule has 5 rings (SSSR count). The van der Waals surface area contributed by atoms with Crippen LogP contribution in [-0.4, -0.2) is 42.1 Å². The molecule has 29 heavy (non-hydrogen) atoms. The molecule has 1 atom stereocenters. The molecule has 2 aliphatic heterocycles. The van der Waals surface area contributed by atoms with Crippen LogP contribution in [0.15, 0.2) is 53.3 Å². The molecule has 2 N–H and O–H groups in total. The number of hydrogen-bond acceptors (Lipinski definition) is 4. The summed E-state index contributed by atoms with van der Waals surface area (Å²) in [7, 11) is 0. The minimum absolute atomic E-state index is 0.0279. The summed E-state index contributed by atoms with van der Waals surface area (Å²) in [6.07, 6.45) is 2.67. The number of nitrogens with zero attached hydrogens (tertiary/aromatic N) is 2. The lowest BCUT2D eigenvalue weighted by Gasteiger charge is -2.38. The smallest absolute Gasteiger partial charge is 0.253 e. The van der Waals surface area contributed by atoms with Gasteiger partial charge in [-0.05, 0) is 74.2 Å². The predicted octanol–water partition coefficient (Wildman–Crippen LogP) is 3.73. The van der Waals surface area contributed by atoms with Crippen LogP contribution in [0.1, 0.15) is 24.0 Å². The van der Waals surface area contributed by atoms with Gasteiger partial charge in [0.15, 0.2) is 0 Å². The highest BCUT2D eigenvalue weighted by molar-refractivity contribution is 5.79. The molecule has 0 aliphatic carbocycles. The van der Waals surface area contributed by atoms with Gasteiger partial charge in [0.2, 0.25) is 0 Å². The average molecular weight is 389 g/mol. The molecule has 0 amide bonds. The Morgan fingerprint density at radius 2 is 1.93 bits per heavy atom. The molecule has 150 valence electrons. The maximum atomic E-state index is 12.4. The van der Waals surface area contributed by atoms with E-state index in [9.17, 15) is 4.79 Å². The Kier molecular flexibility index (Phi) is 4.76. The molecule has 2 fully saturated rings. The van der Waals surface area contributed by atoms with Crippen molar-refractivity contribution in [3.63, 3.8) is 0 Å². The van der Waals surface area contributed by atoms with E-state index in [1.54, 1.807) is 0 Å². The number of rotatable bonds is 4. The Morgan fingerprint density at radius 3 is 2.79 bits per heavy atom. The van der Waals surface area contributed by atoms with Gasteiger partial charge >= 0.3 is 0 Å². The zero-order chi connectivity index (χ0) is 19.8. The minimum Gasteiger partial charge on any atom is -0.381 e. The van der Waals surface area contributed by atoms with Crippen molar-refractivity contribution in [3.8, 4) is 0 Å². The van der Waals surface area contributed by atoms with Gasteiger partial charge in [0.1, 0.15) is 0 Å². The van der Waals surface area contributed by atoms with E-state index < -0.39 is 0 Å². The Morgan fingerprint density at radius 1 is 1.07 bits per heavy atom. The van der Waals surface area contributed by atoms with Crippen molar-refractivity contribution in [3.05, 3.63) is 70.0 Å². The Hall–Kier alpha value is -2.79. The topological polar surface area (TPSA) is 51.4 Å². The fourth-order valence-corrected chi connectivity index (χ4v) is 4.72. The van der Waals surface area contributed by atoms with Crippen LogP contribution in [0.25, 0.3) is 10.9 Å². The number of aromatic nitrogens is 1. The lowest BCUT2D eigenvalue weighted by molar-refractivity contribution is 0.231. The van der Waals surface area contributed by atoms with Crippen molar-refractivity contribution in [2.24, 2.45) is 0 Å². The van der Waals surface area contributed by atoms with E-state index in [0.717, 1.165) is 41.3 Å². The van der Waals surface area contributed by atoms with Crippen LogP contribution in [-0.2, 0) is 6.54 Å². The molecule has 5 nitrogen and oxygen atoms in total. The SMILES string of the molecule is Cc1ccc2[nH]c(=O)c(CNc3ccc(N4CCN5CCCC5C4)cc3)cc2c1. The fraction of sp³-hybridized carbons (Fsp3) is 0.375. The molecule has 3 aromatic rings. The van der Waals surface area contributed by atoms with Crippen molar-refractivity contribution in [2.45, 2.75) is 32.4 Å². The van der Waals surface area contributed by atoms with Gasteiger partial charge in [-0.2, -0.15) is 0 Å². The summed E-state index contributed by atoms with van der Waals surface area (Å²) in [4.78, 5) is 20.5. The van der Waals surface area contributed by atoms with Crippen LogP contribution in [0.2, 0.25) is 0 Å². The third-order valence-electron chi connectivity index (χ3n) is 6.38. The van der Waals surface area contributed by atoms with Crippen molar-refractivity contribution < 1.29 is 0 Å². The summed E-state index contributed by atoms with van der Waals surface area (Å²) >= 11 is 0. The summed E-state index contributed by atoms with van der Waals surface area (Å²) in [6.45, 7) is 7.27. The molecule has 2 saturated heterocycles. The number of hydrogen-bond donors (Lipinski definition) is 2. The molecule has 2 aromatic carbocycles. The van der Waals surface area contributed by atoms with Gasteiger partial charge in [-0.15, -0.1) is 0 Å². The molecule has 0 spiro atoms. The lowest BCUT2D eigenvalue weighted by atomic mass is 10.1. The van der Waals surface area contributed by atoms with E-state index in [0.29, 0.717) is 6.54 Å². The third kappa shape index (κ3) is 3.75. The number of pyridine rings is 1. The molecule has 5 heteroatoms. The first-order valence-corrected chi connectivity index (χ1v) is 10.6. The van der Waals surface area contributed by atoms with Crippen molar-refractivity contribution >= 4 is 22.3 Å². The Labute approximate surface area is 171 Å². The van der Waals surface area contributed by atoms with E-state index in [-0.39, 0.29) is 5.56 Å². The summed E-state index contributed by atoms with van der Waals surface area (Å²) < 4.78 is 0. The van der Waals surface area contributed by atoms with Crippen LogP contribution in [0.3, 0.4) is 0 Å². The van der Waals surface area contributed by atoms with Crippen molar-refractivity contribution in [2.75, 3.05) is 36.4 Å². The molecule has 2 aliphatic rings. The maximum Gasteiger partial charge on any atom is 0.253 e. The maximum absolute atomic E-state index is 12.4. The first kappa shape index (κ1) is 18.3. The van der Waals surface area contributed by atoms with E-state index in [2.05, 4.69) is 57.4 Å². The molecular weight excluding hydrogens is 360 g/mol. The van der Waals surface area contributed by atoms with Crippen molar-refractivity contribution in [1.29, 1.82) is 0 Å². The summed E-state index contributed by atoms with van der Waals surface area (Å²) in [5, 5.41) is 4.47. The highest BCUT2D eigenvalue weighted by Crippen LogP contribution is 2.26. The van der Waals surface area contributed by atoms with E-state index >= 15 is 0 Å². The predicted molar refractivity (Wildman–Crippen MR) is 120 cm³/mol. The first-order chi connectivity index (χ1) is 14.2. The van der Waals surface area contributed by atoms with Gasteiger partial charge in [-0.1, -0.05) is 11.6 Å². The summed E-state index contributed by atoms with van der Waals surface area (Å²) in [6, 6.07) is 17.4. The normalized spacial score (nSPS) is 19.5. The number of fused-ring (bicyclic) bond motifs is 2. The average Bonchev–Trinajstić information content (AvgIpc) is 3.21. The van der Waals surface area contributed by atoms with Crippen LogP contribution in [0, 0.1) is 6.92 Å². The zero-order valence-corrected chi connectivity index (χ0v) is 16.9. The van der Waals surface area contributed by atoms with E-state index in [1.807, 2.05) is 18.2 Å². The molecular formula is C24H28N4O. The lowest BCUT2D eigenvalue weighted by Crippen LogP contribution is -2.50. The van der Waals surface area contributed by atoms with Gasteiger partial charge in [0, 0.05) is 54.7 Å². The quantitative estimate of drug-likeness (QED) is 0.715. The number of H-pyrrole nitrogens is 1. The number of aryl methyl sites for hydroxylation is 1. The first-order valence-electron chi connectivity index (χ1n) is 10.6. The number of piperazine rings is 1. The highest BCUT2D eigenvalue weighted by atomic mass is 16.1. The molecule has 3 heterocycles. The van der Waals surface area contributed by atoms with Gasteiger partial charge in [0.05, 0.1) is 0 Å². The molecule has 0 radical (unpaired) electrons. The minimum atomic E-state index is -0.0279.